The van der Waals surface area contributed by atoms with Crippen LogP contribution < -0.4 is 0 Å². The molecule has 0 spiro atoms. The summed E-state index contributed by atoms with van der Waals surface area (Å²) in [6, 6.07) is 0.0778. The number of aromatic amines is 1. The normalized spacial score (nSPS) is 20.6. The molecule has 0 bridgehead atoms. The molecule has 0 saturated carbocycles. The predicted molar refractivity (Wildman–Crippen MR) is 55.7 cm³/mol. The van der Waals surface area contributed by atoms with Gasteiger partial charge in [-0.05, 0) is 18.6 Å². The van der Waals surface area contributed by atoms with Crippen LogP contribution in [0.1, 0.15) is 6.42 Å². The van der Waals surface area contributed by atoms with Crippen molar-refractivity contribution in [2.45, 2.75) is 12.5 Å². The highest BCUT2D eigenvalue weighted by atomic mass is 16.5. The number of nitrogens with one attached hydrogen (secondary N) is 1. The number of rotatable bonds is 3. The third-order valence-electron chi connectivity index (χ3n) is 2.06. The van der Waals surface area contributed by atoms with Gasteiger partial charge in [-0.15, -0.1) is 5.11 Å². The molecule has 1 heterocycles. The summed E-state index contributed by atoms with van der Waals surface area (Å²) in [7, 11) is 1.65. The van der Waals surface area contributed by atoms with Gasteiger partial charge in [0.15, 0.2) is 0 Å². The van der Waals surface area contributed by atoms with Crippen LogP contribution in [0.25, 0.3) is 0 Å². The summed E-state index contributed by atoms with van der Waals surface area (Å²) < 4.78 is 5.07. The minimum atomic E-state index is 0.0778. The van der Waals surface area contributed by atoms with Crippen LogP contribution >= 0.6 is 0 Å². The Kier molecular flexibility index (Phi) is 2.92. The van der Waals surface area contributed by atoms with Gasteiger partial charge in [0, 0.05) is 12.4 Å². The van der Waals surface area contributed by atoms with E-state index in [-0.39, 0.29) is 6.04 Å². The van der Waals surface area contributed by atoms with E-state index in [0.717, 1.165) is 12.2 Å². The van der Waals surface area contributed by atoms with E-state index in [9.17, 15) is 0 Å². The Bertz CT molecular complexity index is 392. The van der Waals surface area contributed by atoms with E-state index in [1.807, 2.05) is 18.2 Å². The lowest BCUT2D eigenvalue weighted by molar-refractivity contribution is 0.303. The summed E-state index contributed by atoms with van der Waals surface area (Å²) in [5.74, 6) is 1.41. The van der Waals surface area contributed by atoms with Crippen LogP contribution in [0.15, 0.2) is 46.6 Å². The fourth-order valence-electron chi connectivity index (χ4n) is 1.27. The third kappa shape index (κ3) is 2.52. The van der Waals surface area contributed by atoms with Crippen molar-refractivity contribution in [3.63, 3.8) is 0 Å². The molecule has 1 atom stereocenters. The zero-order valence-electron chi connectivity index (χ0n) is 8.42. The number of allylic oxidation sites excluding steroid dienone is 1. The molecule has 0 aromatic carbocycles. The van der Waals surface area contributed by atoms with Crippen molar-refractivity contribution in [3.8, 4) is 0 Å². The van der Waals surface area contributed by atoms with Crippen LogP contribution in [-0.2, 0) is 4.74 Å². The molecule has 15 heavy (non-hydrogen) atoms. The molecular weight excluding hydrogens is 192 g/mol. The molecule has 0 amide bonds. The summed E-state index contributed by atoms with van der Waals surface area (Å²) in [5, 5.41) is 8.12. The standard InChI is InChI=1S/C10H12N4O/c1-15-9-4-2-8(3-5-9)13-14-10-11-6-7-12-10/h2,4-8H,3H2,1H3,(H,11,12). The van der Waals surface area contributed by atoms with Crippen molar-refractivity contribution >= 4 is 5.95 Å². The fourth-order valence-corrected chi connectivity index (χ4v) is 1.27. The first-order valence-corrected chi connectivity index (χ1v) is 4.71. The van der Waals surface area contributed by atoms with Crippen LogP contribution in [-0.4, -0.2) is 23.1 Å². The summed E-state index contributed by atoms with van der Waals surface area (Å²) >= 11 is 0. The molecule has 5 heteroatoms. The first-order valence-electron chi connectivity index (χ1n) is 4.71. The fraction of sp³-hybridized carbons (Fsp3) is 0.300. The largest absolute Gasteiger partial charge is 0.497 e. The lowest BCUT2D eigenvalue weighted by Crippen LogP contribution is -2.02. The van der Waals surface area contributed by atoms with E-state index in [1.54, 1.807) is 19.5 Å². The zero-order chi connectivity index (χ0) is 10.5. The number of nitrogens with zero attached hydrogens (tertiary/aromatic N) is 3. The van der Waals surface area contributed by atoms with Gasteiger partial charge >= 0.3 is 0 Å². The molecule has 0 radical (unpaired) electrons. The summed E-state index contributed by atoms with van der Waals surface area (Å²) in [5.41, 5.74) is 0. The summed E-state index contributed by atoms with van der Waals surface area (Å²) in [4.78, 5) is 6.81. The minimum absolute atomic E-state index is 0.0778. The van der Waals surface area contributed by atoms with Crippen molar-refractivity contribution in [1.29, 1.82) is 0 Å². The predicted octanol–water partition coefficient (Wildman–Crippen LogP) is 2.35. The smallest absolute Gasteiger partial charge is 0.246 e. The maximum atomic E-state index is 5.07. The van der Waals surface area contributed by atoms with E-state index in [2.05, 4.69) is 20.2 Å². The molecule has 1 aromatic heterocycles. The number of imidazole rings is 1. The van der Waals surface area contributed by atoms with Crippen molar-refractivity contribution in [1.82, 2.24) is 9.97 Å². The molecule has 1 aliphatic carbocycles. The zero-order valence-corrected chi connectivity index (χ0v) is 8.42. The van der Waals surface area contributed by atoms with Gasteiger partial charge in [0.2, 0.25) is 5.95 Å². The van der Waals surface area contributed by atoms with Crippen LogP contribution in [0, 0.1) is 0 Å². The Labute approximate surface area is 87.6 Å². The summed E-state index contributed by atoms with van der Waals surface area (Å²) in [6.07, 6.45) is 10.0. The van der Waals surface area contributed by atoms with Crippen molar-refractivity contribution < 1.29 is 4.74 Å². The second-order valence-electron chi connectivity index (χ2n) is 3.10. The Morgan fingerprint density at radius 3 is 3.13 bits per heavy atom. The molecular formula is C10H12N4O. The monoisotopic (exact) mass is 204 g/mol. The Morgan fingerprint density at radius 1 is 1.60 bits per heavy atom. The van der Waals surface area contributed by atoms with Crippen LogP contribution in [0.5, 0.6) is 0 Å². The van der Waals surface area contributed by atoms with Crippen molar-refractivity contribution in [3.05, 3.63) is 36.4 Å². The van der Waals surface area contributed by atoms with Gasteiger partial charge in [-0.25, -0.2) is 4.98 Å². The molecule has 1 aromatic rings. The molecule has 2 rings (SSSR count). The second-order valence-corrected chi connectivity index (χ2v) is 3.10. The number of azo groups is 1. The van der Waals surface area contributed by atoms with Gasteiger partial charge in [0.1, 0.15) is 5.76 Å². The van der Waals surface area contributed by atoms with Crippen LogP contribution in [0.2, 0.25) is 0 Å². The number of methoxy groups -OCH3 is 1. The quantitative estimate of drug-likeness (QED) is 0.768. The van der Waals surface area contributed by atoms with Gasteiger partial charge in [-0.3, -0.25) is 0 Å². The van der Waals surface area contributed by atoms with E-state index in [1.165, 1.54) is 0 Å². The highest BCUT2D eigenvalue weighted by Gasteiger charge is 2.07. The second kappa shape index (κ2) is 4.54. The molecule has 0 fully saturated rings. The average Bonchev–Trinajstić information content (AvgIpc) is 2.80. The molecule has 5 nitrogen and oxygen atoms in total. The van der Waals surface area contributed by atoms with Gasteiger partial charge in [-0.2, -0.15) is 5.11 Å². The average molecular weight is 204 g/mol. The number of ether oxygens (including phenoxy) is 1. The first-order chi connectivity index (χ1) is 7.38. The van der Waals surface area contributed by atoms with Gasteiger partial charge in [-0.1, -0.05) is 6.08 Å². The molecule has 0 aliphatic heterocycles. The molecule has 1 unspecified atom stereocenters. The number of H-pyrrole nitrogens is 1. The first kappa shape index (κ1) is 9.64. The van der Waals surface area contributed by atoms with E-state index in [4.69, 9.17) is 4.74 Å². The summed E-state index contributed by atoms with van der Waals surface area (Å²) in [6.45, 7) is 0. The highest BCUT2D eigenvalue weighted by molar-refractivity contribution is 5.20. The van der Waals surface area contributed by atoms with E-state index >= 15 is 0 Å². The maximum Gasteiger partial charge on any atom is 0.246 e. The maximum absolute atomic E-state index is 5.07. The number of aromatic nitrogens is 2. The Morgan fingerprint density at radius 2 is 2.53 bits per heavy atom. The molecule has 1 aliphatic rings. The molecule has 0 saturated heterocycles. The van der Waals surface area contributed by atoms with E-state index < -0.39 is 0 Å². The van der Waals surface area contributed by atoms with Gasteiger partial charge in [0.25, 0.3) is 0 Å². The highest BCUT2D eigenvalue weighted by Crippen LogP contribution is 2.15. The Balaban J connectivity index is 1.93. The van der Waals surface area contributed by atoms with Crippen molar-refractivity contribution in [2.24, 2.45) is 10.2 Å². The van der Waals surface area contributed by atoms with Gasteiger partial charge < -0.3 is 9.72 Å². The van der Waals surface area contributed by atoms with Crippen molar-refractivity contribution in [2.75, 3.05) is 7.11 Å². The van der Waals surface area contributed by atoms with E-state index in [0.29, 0.717) is 5.95 Å². The minimum Gasteiger partial charge on any atom is -0.497 e. The Hall–Kier alpha value is -1.91. The number of hydrogen-bond donors (Lipinski definition) is 1. The molecule has 78 valence electrons. The SMILES string of the molecule is COC1=CCC(N=Nc2ncc[nH]2)C=C1. The lowest BCUT2D eigenvalue weighted by Gasteiger charge is -2.09. The molecule has 1 N–H and O–H groups in total. The van der Waals surface area contributed by atoms with Gasteiger partial charge in [0.05, 0.1) is 13.2 Å². The third-order valence-corrected chi connectivity index (χ3v) is 2.06. The van der Waals surface area contributed by atoms with Crippen LogP contribution in [0.4, 0.5) is 5.95 Å². The number of hydrogen-bond acceptors (Lipinski definition) is 4. The van der Waals surface area contributed by atoms with Crippen LogP contribution in [0.3, 0.4) is 0 Å². The topological polar surface area (TPSA) is 62.6 Å². The lowest BCUT2D eigenvalue weighted by atomic mass is 10.1.